The van der Waals surface area contributed by atoms with Gasteiger partial charge in [-0.15, -0.1) is 0 Å². The highest BCUT2D eigenvalue weighted by Crippen LogP contribution is 2.18. The predicted molar refractivity (Wildman–Crippen MR) is 69.3 cm³/mol. The van der Waals surface area contributed by atoms with Crippen LogP contribution >= 0.6 is 0 Å². The summed E-state index contributed by atoms with van der Waals surface area (Å²) in [6, 6.07) is 8.95. The smallest absolute Gasteiger partial charge is 0.384 e. The lowest BCUT2D eigenvalue weighted by Crippen LogP contribution is -2.39. The number of carbonyl (C=O) groups excluding carboxylic acids is 3. The summed E-state index contributed by atoms with van der Waals surface area (Å²) >= 11 is 0. The minimum Gasteiger partial charge on any atom is -0.460 e. The Kier molecular flexibility index (Phi) is 5.23. The number of benzene rings is 1. The van der Waals surface area contributed by atoms with Gasteiger partial charge < -0.3 is 9.64 Å². The zero-order valence-corrected chi connectivity index (χ0v) is 11.3. The van der Waals surface area contributed by atoms with Crippen LogP contribution in [0.1, 0.15) is 25.5 Å². The van der Waals surface area contributed by atoms with Crippen LogP contribution in [0, 0.1) is 0 Å². The zero-order chi connectivity index (χ0) is 14.4. The third-order valence-electron chi connectivity index (χ3n) is 2.84. The number of esters is 1. The van der Waals surface area contributed by atoms with Crippen molar-refractivity contribution in [1.82, 2.24) is 4.90 Å². The summed E-state index contributed by atoms with van der Waals surface area (Å²) in [5.74, 6) is -3.12. The molecular weight excluding hydrogens is 246 g/mol. The summed E-state index contributed by atoms with van der Waals surface area (Å²) in [5, 5.41) is 0. The molecule has 0 aliphatic carbocycles. The van der Waals surface area contributed by atoms with Crippen molar-refractivity contribution in [2.24, 2.45) is 0 Å². The highest BCUT2D eigenvalue weighted by atomic mass is 16.5. The van der Waals surface area contributed by atoms with Crippen molar-refractivity contribution in [3.05, 3.63) is 35.9 Å². The molecule has 1 rings (SSSR count). The Labute approximate surface area is 112 Å². The first kappa shape index (κ1) is 14.9. The Hall–Kier alpha value is -2.17. The predicted octanol–water partition coefficient (Wildman–Crippen LogP) is 1.34. The second-order valence-corrected chi connectivity index (χ2v) is 4.05. The van der Waals surface area contributed by atoms with E-state index >= 15 is 0 Å². The molecule has 0 saturated carbocycles. The number of carbonyl (C=O) groups is 3. The molecule has 0 aliphatic heterocycles. The van der Waals surface area contributed by atoms with Gasteiger partial charge in [-0.05, 0) is 19.4 Å². The molecule has 0 bridgehead atoms. The van der Waals surface area contributed by atoms with Gasteiger partial charge >= 0.3 is 17.7 Å². The SMILES string of the molecule is CCOC(=O)C(=O)C(=O)N(C)C(C)c1ccccc1. The molecule has 0 N–H and O–H groups in total. The van der Waals surface area contributed by atoms with Gasteiger partial charge in [-0.1, -0.05) is 30.3 Å². The molecule has 102 valence electrons. The van der Waals surface area contributed by atoms with Crippen molar-refractivity contribution in [3.8, 4) is 0 Å². The maximum Gasteiger partial charge on any atom is 0.384 e. The van der Waals surface area contributed by atoms with Crippen LogP contribution in [0.2, 0.25) is 0 Å². The Morgan fingerprint density at radius 1 is 1.21 bits per heavy atom. The number of nitrogens with zero attached hydrogens (tertiary/aromatic N) is 1. The standard InChI is InChI=1S/C14H17NO4/c1-4-19-14(18)12(16)13(17)15(3)10(2)11-8-6-5-7-9-11/h5-10H,4H2,1-3H3. The number of hydrogen-bond donors (Lipinski definition) is 0. The fraction of sp³-hybridized carbons (Fsp3) is 0.357. The molecule has 0 saturated heterocycles. The molecule has 19 heavy (non-hydrogen) atoms. The number of rotatable bonds is 5. The third kappa shape index (κ3) is 3.64. The van der Waals surface area contributed by atoms with Crippen LogP contribution in [-0.2, 0) is 19.1 Å². The number of ether oxygens (including phenoxy) is 1. The summed E-state index contributed by atoms with van der Waals surface area (Å²) in [7, 11) is 1.48. The fourth-order valence-electron chi connectivity index (χ4n) is 1.58. The van der Waals surface area contributed by atoms with Crippen LogP contribution in [-0.4, -0.2) is 36.2 Å². The lowest BCUT2D eigenvalue weighted by Gasteiger charge is -2.24. The van der Waals surface area contributed by atoms with Crippen LogP contribution in [0.4, 0.5) is 0 Å². The molecule has 1 aromatic carbocycles. The first-order valence-corrected chi connectivity index (χ1v) is 6.02. The quantitative estimate of drug-likeness (QED) is 0.457. The molecule has 0 fully saturated rings. The second kappa shape index (κ2) is 6.68. The van der Waals surface area contributed by atoms with Gasteiger partial charge in [0.25, 0.3) is 0 Å². The number of ketones is 1. The van der Waals surface area contributed by atoms with Crippen molar-refractivity contribution in [2.75, 3.05) is 13.7 Å². The van der Waals surface area contributed by atoms with Gasteiger partial charge in [0.2, 0.25) is 0 Å². The largest absolute Gasteiger partial charge is 0.460 e. The van der Waals surface area contributed by atoms with E-state index in [0.29, 0.717) is 0 Å². The van der Waals surface area contributed by atoms with Crippen molar-refractivity contribution < 1.29 is 19.1 Å². The Bertz CT molecular complexity index is 470. The van der Waals surface area contributed by atoms with E-state index in [1.165, 1.54) is 11.9 Å². The summed E-state index contributed by atoms with van der Waals surface area (Å²) in [4.78, 5) is 35.9. The van der Waals surface area contributed by atoms with Gasteiger partial charge in [0.05, 0.1) is 12.6 Å². The molecule has 1 atom stereocenters. The van der Waals surface area contributed by atoms with Gasteiger partial charge in [0.15, 0.2) is 0 Å². The van der Waals surface area contributed by atoms with Gasteiger partial charge in [-0.25, -0.2) is 4.79 Å². The third-order valence-corrected chi connectivity index (χ3v) is 2.84. The number of amides is 1. The number of Topliss-reactive ketones (excluding diaryl/α,β-unsaturated/α-hetero) is 1. The van der Waals surface area contributed by atoms with E-state index < -0.39 is 17.7 Å². The van der Waals surface area contributed by atoms with Crippen LogP contribution in [0.15, 0.2) is 30.3 Å². The highest BCUT2D eigenvalue weighted by molar-refractivity contribution is 6.61. The van der Waals surface area contributed by atoms with E-state index in [4.69, 9.17) is 0 Å². The fourth-order valence-corrected chi connectivity index (χ4v) is 1.58. The Morgan fingerprint density at radius 3 is 2.32 bits per heavy atom. The average molecular weight is 263 g/mol. The van der Waals surface area contributed by atoms with Crippen molar-refractivity contribution in [3.63, 3.8) is 0 Å². The maximum absolute atomic E-state index is 11.8. The molecule has 0 spiro atoms. The van der Waals surface area contributed by atoms with Crippen LogP contribution in [0.25, 0.3) is 0 Å². The number of likely N-dealkylation sites (N-methyl/N-ethyl adjacent to an activating group) is 1. The van der Waals surface area contributed by atoms with Crippen molar-refractivity contribution in [1.29, 1.82) is 0 Å². The van der Waals surface area contributed by atoms with Crippen LogP contribution in [0.5, 0.6) is 0 Å². The highest BCUT2D eigenvalue weighted by Gasteiger charge is 2.29. The summed E-state index contributed by atoms with van der Waals surface area (Å²) in [6.45, 7) is 3.42. The molecule has 5 heteroatoms. The average Bonchev–Trinajstić information content (AvgIpc) is 2.45. The molecule has 0 aliphatic rings. The van der Waals surface area contributed by atoms with Crippen molar-refractivity contribution >= 4 is 17.7 Å². The normalized spacial score (nSPS) is 11.5. The molecule has 1 unspecified atom stereocenters. The summed E-state index contributed by atoms with van der Waals surface area (Å²) in [6.07, 6.45) is 0. The summed E-state index contributed by atoms with van der Waals surface area (Å²) < 4.78 is 4.52. The van der Waals surface area contributed by atoms with Crippen molar-refractivity contribution in [2.45, 2.75) is 19.9 Å². The van der Waals surface area contributed by atoms with E-state index in [9.17, 15) is 14.4 Å². The lowest BCUT2D eigenvalue weighted by molar-refractivity contribution is -0.159. The molecule has 0 radical (unpaired) electrons. The minimum atomic E-state index is -1.15. The first-order valence-electron chi connectivity index (χ1n) is 6.02. The number of hydrogen-bond acceptors (Lipinski definition) is 4. The van der Waals surface area contributed by atoms with E-state index in [1.807, 2.05) is 30.3 Å². The molecule has 1 amide bonds. The molecule has 0 aromatic heterocycles. The minimum absolute atomic E-state index is 0.0653. The van der Waals surface area contributed by atoms with E-state index in [-0.39, 0.29) is 12.6 Å². The molecule has 5 nitrogen and oxygen atoms in total. The summed E-state index contributed by atoms with van der Waals surface area (Å²) in [5.41, 5.74) is 0.884. The Balaban J connectivity index is 2.77. The van der Waals surface area contributed by atoms with Crippen LogP contribution in [0.3, 0.4) is 0 Å². The molecular formula is C14H17NO4. The van der Waals surface area contributed by atoms with E-state index in [0.717, 1.165) is 5.56 Å². The van der Waals surface area contributed by atoms with E-state index in [1.54, 1.807) is 13.8 Å². The van der Waals surface area contributed by atoms with Gasteiger partial charge in [0.1, 0.15) is 0 Å². The monoisotopic (exact) mass is 263 g/mol. The molecule has 0 heterocycles. The van der Waals surface area contributed by atoms with E-state index in [2.05, 4.69) is 4.74 Å². The second-order valence-electron chi connectivity index (χ2n) is 4.05. The van der Waals surface area contributed by atoms with Gasteiger partial charge in [-0.3, -0.25) is 9.59 Å². The van der Waals surface area contributed by atoms with Gasteiger partial charge in [0, 0.05) is 7.05 Å². The zero-order valence-electron chi connectivity index (χ0n) is 11.3. The topological polar surface area (TPSA) is 63.7 Å². The van der Waals surface area contributed by atoms with Gasteiger partial charge in [-0.2, -0.15) is 0 Å². The first-order chi connectivity index (χ1) is 8.99. The molecule has 1 aromatic rings. The Morgan fingerprint density at radius 2 is 1.79 bits per heavy atom. The maximum atomic E-state index is 11.8. The van der Waals surface area contributed by atoms with Crippen LogP contribution < -0.4 is 0 Å². The lowest BCUT2D eigenvalue weighted by atomic mass is 10.1.